The second-order valence-electron chi connectivity index (χ2n) is 8.04. The van der Waals surface area contributed by atoms with E-state index in [-0.39, 0.29) is 17.9 Å². The zero-order valence-corrected chi connectivity index (χ0v) is 17.7. The topological polar surface area (TPSA) is 97.2 Å². The summed E-state index contributed by atoms with van der Waals surface area (Å²) < 4.78 is 6.45. The van der Waals surface area contributed by atoms with Crippen molar-refractivity contribution in [1.82, 2.24) is 20.4 Å². The SMILES string of the molecule is CC(C)C1CCCC(c2nc(-c3cccnc3)c(C(=O)NO)nc2-c2ccccc2)O1. The fraction of sp³-hybridized carbons (Fsp3) is 0.333. The molecule has 0 radical (unpaired) electrons. The number of hydrogen-bond donors (Lipinski definition) is 2. The number of benzene rings is 1. The van der Waals surface area contributed by atoms with Crippen LogP contribution in [0.4, 0.5) is 0 Å². The van der Waals surface area contributed by atoms with Gasteiger partial charge in [-0.25, -0.2) is 15.4 Å². The molecule has 4 rings (SSSR count). The van der Waals surface area contributed by atoms with Crippen LogP contribution in [0.1, 0.15) is 55.4 Å². The van der Waals surface area contributed by atoms with E-state index in [0.29, 0.717) is 28.6 Å². The molecule has 2 atom stereocenters. The molecule has 1 amide bonds. The summed E-state index contributed by atoms with van der Waals surface area (Å²) >= 11 is 0. The number of ether oxygens (including phenoxy) is 1. The van der Waals surface area contributed by atoms with E-state index in [0.717, 1.165) is 24.8 Å². The number of hydrogen-bond acceptors (Lipinski definition) is 6. The highest BCUT2D eigenvalue weighted by molar-refractivity contribution is 5.98. The summed E-state index contributed by atoms with van der Waals surface area (Å²) in [5.41, 5.74) is 4.87. The zero-order valence-electron chi connectivity index (χ0n) is 17.7. The highest BCUT2D eigenvalue weighted by Gasteiger charge is 2.31. The van der Waals surface area contributed by atoms with Crippen molar-refractivity contribution in [2.75, 3.05) is 0 Å². The fourth-order valence-corrected chi connectivity index (χ4v) is 3.94. The van der Waals surface area contributed by atoms with Gasteiger partial charge in [-0.05, 0) is 37.3 Å². The highest BCUT2D eigenvalue weighted by atomic mass is 16.5. The Morgan fingerprint density at radius 3 is 2.52 bits per heavy atom. The van der Waals surface area contributed by atoms with Crippen LogP contribution in [0, 0.1) is 5.92 Å². The van der Waals surface area contributed by atoms with Gasteiger partial charge in [-0.1, -0.05) is 44.2 Å². The molecule has 0 saturated carbocycles. The van der Waals surface area contributed by atoms with Crippen molar-refractivity contribution in [2.24, 2.45) is 5.92 Å². The van der Waals surface area contributed by atoms with Gasteiger partial charge >= 0.3 is 0 Å². The third-order valence-corrected chi connectivity index (χ3v) is 5.56. The molecular formula is C24H26N4O3. The Labute approximate surface area is 181 Å². The molecule has 0 aliphatic carbocycles. The van der Waals surface area contributed by atoms with Crippen molar-refractivity contribution >= 4 is 5.91 Å². The van der Waals surface area contributed by atoms with Gasteiger partial charge in [-0.15, -0.1) is 0 Å². The standard InChI is InChI=1S/C24H26N4O3/c1-15(2)18-11-6-12-19(31-18)22-20(16-8-4-3-5-9-16)27-23(24(29)28-30)21(26-22)17-10-7-13-25-14-17/h3-5,7-10,13-15,18-19,30H,6,11-12H2,1-2H3,(H,28,29). The minimum atomic E-state index is -0.722. The van der Waals surface area contributed by atoms with E-state index in [1.54, 1.807) is 23.9 Å². The molecule has 1 saturated heterocycles. The number of pyridine rings is 1. The number of carbonyl (C=O) groups is 1. The summed E-state index contributed by atoms with van der Waals surface area (Å²) in [5, 5.41) is 9.33. The van der Waals surface area contributed by atoms with Gasteiger partial charge in [0.25, 0.3) is 5.91 Å². The molecule has 2 N–H and O–H groups in total. The summed E-state index contributed by atoms with van der Waals surface area (Å²) in [7, 11) is 0. The average Bonchev–Trinajstić information content (AvgIpc) is 2.84. The maximum Gasteiger partial charge on any atom is 0.295 e. The van der Waals surface area contributed by atoms with Gasteiger partial charge in [0.15, 0.2) is 5.69 Å². The van der Waals surface area contributed by atoms with Crippen LogP contribution in [0.5, 0.6) is 0 Å². The Balaban J connectivity index is 1.92. The molecule has 1 aliphatic heterocycles. The van der Waals surface area contributed by atoms with Crippen molar-refractivity contribution in [1.29, 1.82) is 0 Å². The summed E-state index contributed by atoms with van der Waals surface area (Å²) in [6.07, 6.45) is 6.07. The van der Waals surface area contributed by atoms with Gasteiger partial charge in [0, 0.05) is 23.5 Å². The Bertz CT molecular complexity index is 1040. The number of hydroxylamine groups is 1. The van der Waals surface area contributed by atoms with Gasteiger partial charge < -0.3 is 4.74 Å². The number of nitrogens with one attached hydrogen (secondary N) is 1. The van der Waals surface area contributed by atoms with Crippen LogP contribution in [0.25, 0.3) is 22.5 Å². The van der Waals surface area contributed by atoms with Gasteiger partial charge in [-0.3, -0.25) is 15.0 Å². The maximum absolute atomic E-state index is 12.5. The molecule has 0 spiro atoms. The number of nitrogens with zero attached hydrogens (tertiary/aromatic N) is 3. The highest BCUT2D eigenvalue weighted by Crippen LogP contribution is 2.38. The molecule has 31 heavy (non-hydrogen) atoms. The van der Waals surface area contributed by atoms with Gasteiger partial charge in [-0.2, -0.15) is 0 Å². The molecule has 7 nitrogen and oxygen atoms in total. The molecule has 1 aliphatic rings. The summed E-state index contributed by atoms with van der Waals surface area (Å²) in [6, 6.07) is 13.2. The molecule has 1 fully saturated rings. The van der Waals surface area contributed by atoms with Crippen LogP contribution in [-0.2, 0) is 4.74 Å². The minimum absolute atomic E-state index is 0.0364. The lowest BCUT2D eigenvalue weighted by Crippen LogP contribution is -2.28. The monoisotopic (exact) mass is 418 g/mol. The molecule has 1 aromatic carbocycles. The van der Waals surface area contributed by atoms with E-state index in [2.05, 4.69) is 18.8 Å². The van der Waals surface area contributed by atoms with Crippen LogP contribution in [0.3, 0.4) is 0 Å². The van der Waals surface area contributed by atoms with Crippen molar-refractivity contribution in [3.05, 3.63) is 66.2 Å². The van der Waals surface area contributed by atoms with E-state index in [9.17, 15) is 10.0 Å². The van der Waals surface area contributed by atoms with Crippen LogP contribution < -0.4 is 5.48 Å². The first-order chi connectivity index (χ1) is 15.1. The lowest BCUT2D eigenvalue weighted by molar-refractivity contribution is -0.0742. The van der Waals surface area contributed by atoms with Gasteiger partial charge in [0.2, 0.25) is 0 Å². The molecule has 7 heteroatoms. The third kappa shape index (κ3) is 4.47. The summed E-state index contributed by atoms with van der Waals surface area (Å²) in [4.78, 5) is 26.3. The molecule has 3 heterocycles. The smallest absolute Gasteiger partial charge is 0.295 e. The second kappa shape index (κ2) is 9.32. The first-order valence-electron chi connectivity index (χ1n) is 10.6. The predicted molar refractivity (Wildman–Crippen MR) is 116 cm³/mol. The number of aromatic nitrogens is 3. The van der Waals surface area contributed by atoms with Gasteiger partial charge in [0.1, 0.15) is 11.8 Å². The number of carbonyl (C=O) groups excluding carboxylic acids is 1. The molecular weight excluding hydrogens is 392 g/mol. The first kappa shape index (κ1) is 21.1. The van der Waals surface area contributed by atoms with Crippen LogP contribution in [-0.4, -0.2) is 32.2 Å². The van der Waals surface area contributed by atoms with E-state index >= 15 is 0 Å². The number of rotatable bonds is 5. The molecule has 0 bridgehead atoms. The molecule has 160 valence electrons. The molecule has 2 unspecified atom stereocenters. The van der Waals surface area contributed by atoms with Crippen molar-refractivity contribution in [3.8, 4) is 22.5 Å². The van der Waals surface area contributed by atoms with Gasteiger partial charge in [0.05, 0.1) is 17.5 Å². The zero-order chi connectivity index (χ0) is 21.8. The number of amides is 1. The lowest BCUT2D eigenvalue weighted by atomic mass is 9.93. The van der Waals surface area contributed by atoms with Crippen LogP contribution in [0.2, 0.25) is 0 Å². The second-order valence-corrected chi connectivity index (χ2v) is 8.04. The average molecular weight is 418 g/mol. The van der Waals surface area contributed by atoms with Crippen molar-refractivity contribution < 1.29 is 14.7 Å². The Morgan fingerprint density at radius 2 is 1.84 bits per heavy atom. The van der Waals surface area contributed by atoms with E-state index in [4.69, 9.17) is 14.7 Å². The first-order valence-corrected chi connectivity index (χ1v) is 10.6. The predicted octanol–water partition coefficient (Wildman–Crippen LogP) is 4.59. The third-order valence-electron chi connectivity index (χ3n) is 5.56. The van der Waals surface area contributed by atoms with Crippen molar-refractivity contribution in [3.63, 3.8) is 0 Å². The van der Waals surface area contributed by atoms with Crippen LogP contribution >= 0.6 is 0 Å². The largest absolute Gasteiger partial charge is 0.368 e. The van der Waals surface area contributed by atoms with Crippen molar-refractivity contribution in [2.45, 2.75) is 45.3 Å². The normalized spacial score (nSPS) is 18.7. The van der Waals surface area contributed by atoms with E-state index in [1.807, 2.05) is 36.4 Å². The lowest BCUT2D eigenvalue weighted by Gasteiger charge is -2.33. The molecule has 2 aromatic heterocycles. The Morgan fingerprint density at radius 1 is 1.06 bits per heavy atom. The minimum Gasteiger partial charge on any atom is -0.368 e. The summed E-state index contributed by atoms with van der Waals surface area (Å²) in [6.45, 7) is 4.32. The Hall–Kier alpha value is -3.16. The quantitative estimate of drug-likeness (QED) is 0.465. The van der Waals surface area contributed by atoms with E-state index in [1.165, 1.54) is 0 Å². The summed E-state index contributed by atoms with van der Waals surface area (Å²) in [5.74, 6) is -0.326. The Kier molecular flexibility index (Phi) is 6.34. The fourth-order valence-electron chi connectivity index (χ4n) is 3.94. The van der Waals surface area contributed by atoms with E-state index < -0.39 is 5.91 Å². The maximum atomic E-state index is 12.5. The van der Waals surface area contributed by atoms with Crippen LogP contribution in [0.15, 0.2) is 54.9 Å². The molecule has 3 aromatic rings.